The van der Waals surface area contributed by atoms with Gasteiger partial charge in [-0.3, -0.25) is 9.63 Å². The number of fused-ring (bicyclic) bond motifs is 1. The number of nitrogens with one attached hydrogen (secondary N) is 1. The smallest absolute Gasteiger partial charge is 0.279 e. The average molecular weight is 405 g/mol. The number of furan rings is 1. The van der Waals surface area contributed by atoms with Crippen LogP contribution < -0.4 is 16.3 Å². The van der Waals surface area contributed by atoms with Crippen LogP contribution in [-0.2, 0) is 4.84 Å². The lowest BCUT2D eigenvalue weighted by atomic mass is 9.98. The number of anilines is 1. The van der Waals surface area contributed by atoms with Crippen molar-refractivity contribution in [2.75, 3.05) is 19.2 Å². The van der Waals surface area contributed by atoms with E-state index in [1.54, 1.807) is 25.2 Å². The molecule has 30 heavy (non-hydrogen) atoms. The summed E-state index contributed by atoms with van der Waals surface area (Å²) in [6, 6.07) is 19.1. The van der Waals surface area contributed by atoms with Crippen molar-refractivity contribution >= 4 is 22.6 Å². The topological polar surface area (TPSA) is 80.7 Å². The molecule has 0 aliphatic carbocycles. The van der Waals surface area contributed by atoms with Gasteiger partial charge in [0.15, 0.2) is 0 Å². The normalized spacial score (nSPS) is 10.9. The van der Waals surface area contributed by atoms with E-state index in [1.165, 1.54) is 24.3 Å². The number of carbonyl (C=O) groups excluding carboxylic acids is 1. The fourth-order valence-corrected chi connectivity index (χ4v) is 3.45. The van der Waals surface area contributed by atoms with E-state index < -0.39 is 5.91 Å². The third-order valence-electron chi connectivity index (χ3n) is 4.80. The average Bonchev–Trinajstić information content (AvgIpc) is 3.12. The van der Waals surface area contributed by atoms with Crippen molar-refractivity contribution < 1.29 is 18.4 Å². The molecule has 3 N–H and O–H groups in total. The summed E-state index contributed by atoms with van der Waals surface area (Å²) < 4.78 is 19.5. The molecule has 0 spiro atoms. The second kappa shape index (κ2) is 7.98. The molecule has 0 saturated heterocycles. The number of hydrogen-bond donors (Lipinski definition) is 2. The Morgan fingerprint density at radius 1 is 1.07 bits per heavy atom. The van der Waals surface area contributed by atoms with Crippen molar-refractivity contribution in [3.05, 3.63) is 78.1 Å². The zero-order valence-electron chi connectivity index (χ0n) is 16.5. The lowest BCUT2D eigenvalue weighted by Gasteiger charge is -2.17. The molecule has 4 rings (SSSR count). The number of rotatable bonds is 5. The van der Waals surface area contributed by atoms with Gasteiger partial charge in [-0.1, -0.05) is 30.3 Å². The lowest BCUT2D eigenvalue weighted by molar-refractivity contribution is 0.0539. The molecule has 0 unspecified atom stereocenters. The van der Waals surface area contributed by atoms with Crippen LogP contribution in [-0.4, -0.2) is 20.1 Å². The highest BCUT2D eigenvalue weighted by atomic mass is 19.1. The van der Waals surface area contributed by atoms with Crippen molar-refractivity contribution in [1.82, 2.24) is 5.48 Å². The molecule has 152 valence electrons. The van der Waals surface area contributed by atoms with Crippen LogP contribution >= 0.6 is 0 Å². The standard InChI is InChI=1S/C23H20FN3O3/c1-27(25)19-13-20-18(12-17(19)14-6-4-3-5-7-14)21(23(28)26-29-2)22(30-20)15-8-10-16(24)11-9-15/h3-13H,25H2,1-2H3,(H,26,28). The van der Waals surface area contributed by atoms with Gasteiger partial charge in [-0.2, -0.15) is 0 Å². The molecule has 6 nitrogen and oxygen atoms in total. The van der Waals surface area contributed by atoms with Gasteiger partial charge in [0.1, 0.15) is 17.2 Å². The molecule has 1 aromatic heterocycles. The summed E-state index contributed by atoms with van der Waals surface area (Å²) in [6.07, 6.45) is 0. The summed E-state index contributed by atoms with van der Waals surface area (Å²) in [4.78, 5) is 17.7. The Morgan fingerprint density at radius 3 is 2.40 bits per heavy atom. The molecular weight excluding hydrogens is 385 g/mol. The highest BCUT2D eigenvalue weighted by Gasteiger charge is 2.24. The molecule has 0 bridgehead atoms. The molecule has 7 heteroatoms. The highest BCUT2D eigenvalue weighted by molar-refractivity contribution is 6.12. The number of halogens is 1. The summed E-state index contributed by atoms with van der Waals surface area (Å²) in [5.74, 6) is 5.54. The van der Waals surface area contributed by atoms with Gasteiger partial charge < -0.3 is 9.43 Å². The summed E-state index contributed by atoms with van der Waals surface area (Å²) in [5, 5.41) is 2.09. The minimum absolute atomic E-state index is 0.293. The molecule has 0 radical (unpaired) electrons. The Labute approximate surface area is 172 Å². The first-order valence-corrected chi connectivity index (χ1v) is 9.23. The number of hydrogen-bond acceptors (Lipinski definition) is 5. The van der Waals surface area contributed by atoms with Gasteiger partial charge in [0.05, 0.1) is 18.4 Å². The largest absolute Gasteiger partial charge is 0.455 e. The second-order valence-corrected chi connectivity index (χ2v) is 6.79. The van der Waals surface area contributed by atoms with E-state index in [2.05, 4.69) is 5.48 Å². The minimum Gasteiger partial charge on any atom is -0.455 e. The van der Waals surface area contributed by atoms with Gasteiger partial charge in [-0.15, -0.1) is 0 Å². The fourth-order valence-electron chi connectivity index (χ4n) is 3.45. The van der Waals surface area contributed by atoms with Gasteiger partial charge in [0, 0.05) is 29.6 Å². The third kappa shape index (κ3) is 3.52. The Morgan fingerprint density at radius 2 is 1.77 bits per heavy atom. The number of nitrogens with two attached hydrogens (primary N) is 1. The zero-order valence-corrected chi connectivity index (χ0v) is 16.5. The maximum absolute atomic E-state index is 13.4. The summed E-state index contributed by atoms with van der Waals surface area (Å²) >= 11 is 0. The number of hydrazine groups is 1. The highest BCUT2D eigenvalue weighted by Crippen LogP contribution is 2.40. The van der Waals surface area contributed by atoms with Crippen molar-refractivity contribution in [2.24, 2.45) is 5.84 Å². The molecule has 0 atom stereocenters. The Hall–Kier alpha value is -3.68. The van der Waals surface area contributed by atoms with E-state index in [-0.39, 0.29) is 5.82 Å². The van der Waals surface area contributed by atoms with Crippen molar-refractivity contribution in [3.63, 3.8) is 0 Å². The summed E-state index contributed by atoms with van der Waals surface area (Å²) in [6.45, 7) is 0. The van der Waals surface area contributed by atoms with E-state index in [0.29, 0.717) is 27.9 Å². The van der Waals surface area contributed by atoms with Crippen molar-refractivity contribution in [3.8, 4) is 22.5 Å². The van der Waals surface area contributed by atoms with Gasteiger partial charge in [0.25, 0.3) is 5.91 Å². The molecule has 0 fully saturated rings. The third-order valence-corrected chi connectivity index (χ3v) is 4.80. The molecule has 4 aromatic rings. The van der Waals surface area contributed by atoms with Crippen LogP contribution in [0.3, 0.4) is 0 Å². The van der Waals surface area contributed by atoms with Gasteiger partial charge >= 0.3 is 0 Å². The number of hydroxylamine groups is 1. The van der Waals surface area contributed by atoms with Crippen LogP contribution in [0.15, 0.2) is 71.1 Å². The molecule has 3 aromatic carbocycles. The molecule has 0 aliphatic rings. The fraction of sp³-hybridized carbons (Fsp3) is 0.0870. The maximum atomic E-state index is 13.4. The zero-order chi connectivity index (χ0) is 21.3. The lowest BCUT2D eigenvalue weighted by Crippen LogP contribution is -2.25. The first-order chi connectivity index (χ1) is 14.5. The monoisotopic (exact) mass is 405 g/mol. The van der Waals surface area contributed by atoms with Crippen molar-refractivity contribution in [2.45, 2.75) is 0 Å². The van der Waals surface area contributed by atoms with Crippen LogP contribution in [0, 0.1) is 5.82 Å². The van der Waals surface area contributed by atoms with Crippen LogP contribution in [0.25, 0.3) is 33.4 Å². The van der Waals surface area contributed by atoms with Crippen LogP contribution in [0.5, 0.6) is 0 Å². The second-order valence-electron chi connectivity index (χ2n) is 6.79. The molecular formula is C23H20FN3O3. The van der Waals surface area contributed by atoms with E-state index in [9.17, 15) is 9.18 Å². The predicted octanol–water partition coefficient (Wildman–Crippen LogP) is 4.51. The van der Waals surface area contributed by atoms with E-state index in [4.69, 9.17) is 15.1 Å². The molecule has 1 heterocycles. The molecule has 0 aliphatic heterocycles. The van der Waals surface area contributed by atoms with Crippen LogP contribution in [0.2, 0.25) is 0 Å². The number of carbonyl (C=O) groups is 1. The SMILES string of the molecule is CONC(=O)c1c(-c2ccc(F)cc2)oc2cc(N(C)N)c(-c3ccccc3)cc12. The Balaban J connectivity index is 2.02. The van der Waals surface area contributed by atoms with E-state index in [0.717, 1.165) is 16.8 Å². The molecule has 0 saturated carbocycles. The van der Waals surface area contributed by atoms with Crippen molar-refractivity contribution in [1.29, 1.82) is 0 Å². The predicted molar refractivity (Wildman–Crippen MR) is 114 cm³/mol. The van der Waals surface area contributed by atoms with Crippen LogP contribution in [0.4, 0.5) is 10.1 Å². The number of amides is 1. The first-order valence-electron chi connectivity index (χ1n) is 9.23. The van der Waals surface area contributed by atoms with Gasteiger partial charge in [0.2, 0.25) is 0 Å². The van der Waals surface area contributed by atoms with E-state index >= 15 is 0 Å². The maximum Gasteiger partial charge on any atom is 0.279 e. The van der Waals surface area contributed by atoms with Gasteiger partial charge in [-0.25, -0.2) is 15.7 Å². The minimum atomic E-state index is -0.469. The Bertz CT molecular complexity index is 1200. The first kappa shape index (κ1) is 19.6. The number of benzene rings is 3. The Kier molecular flexibility index (Phi) is 5.22. The summed E-state index contributed by atoms with van der Waals surface area (Å²) in [7, 11) is 3.09. The summed E-state index contributed by atoms with van der Waals surface area (Å²) in [5.41, 5.74) is 6.19. The number of nitrogens with zero attached hydrogens (tertiary/aromatic N) is 1. The van der Waals surface area contributed by atoms with E-state index in [1.807, 2.05) is 36.4 Å². The quantitative estimate of drug-likeness (QED) is 0.377. The van der Waals surface area contributed by atoms with Crippen LogP contribution in [0.1, 0.15) is 10.4 Å². The van der Waals surface area contributed by atoms with Gasteiger partial charge in [-0.05, 0) is 35.9 Å². The molecule has 1 amide bonds.